The number of nitrogens with zero attached hydrogens (tertiary/aromatic N) is 3. The largest absolute Gasteiger partial charge is 0.475 e. The third kappa shape index (κ3) is 1.50. The minimum atomic E-state index is -1.16. The number of aliphatic hydroxyl groups excluding tert-OH is 1. The lowest BCUT2D eigenvalue weighted by molar-refractivity contribution is 0.0681. The van der Waals surface area contributed by atoms with E-state index in [0.717, 1.165) is 0 Å². The molecule has 0 amide bonds. The summed E-state index contributed by atoms with van der Waals surface area (Å²) < 4.78 is 1.54. The highest BCUT2D eigenvalue weighted by atomic mass is 16.4. The first-order valence-electron chi connectivity index (χ1n) is 4.88. The van der Waals surface area contributed by atoms with Crippen molar-refractivity contribution < 1.29 is 15.0 Å². The summed E-state index contributed by atoms with van der Waals surface area (Å²) in [7, 11) is 0. The lowest BCUT2D eigenvalue weighted by Crippen LogP contribution is -2.13. The van der Waals surface area contributed by atoms with Gasteiger partial charge in [0, 0.05) is 6.42 Å². The number of aromatic carboxylic acids is 1. The van der Waals surface area contributed by atoms with Crippen molar-refractivity contribution in [3.8, 4) is 0 Å². The highest BCUT2D eigenvalue weighted by Crippen LogP contribution is 2.36. The summed E-state index contributed by atoms with van der Waals surface area (Å²) >= 11 is 0. The molecular formula is C9H13N3O3. The number of fused-ring (bicyclic) bond motifs is 1. The smallest absolute Gasteiger partial charge is 0.375 e. The molecule has 2 rings (SSSR count). The van der Waals surface area contributed by atoms with Crippen molar-refractivity contribution in [1.29, 1.82) is 0 Å². The molecule has 2 N–H and O–H groups in total. The lowest BCUT2D eigenvalue weighted by Gasteiger charge is -2.14. The van der Waals surface area contributed by atoms with Gasteiger partial charge in [-0.3, -0.25) is 0 Å². The van der Waals surface area contributed by atoms with Crippen molar-refractivity contribution in [2.75, 3.05) is 0 Å². The van der Waals surface area contributed by atoms with Crippen LogP contribution in [0, 0.1) is 5.92 Å². The Morgan fingerprint density at radius 1 is 1.60 bits per heavy atom. The monoisotopic (exact) mass is 211 g/mol. The van der Waals surface area contributed by atoms with E-state index in [0.29, 0.717) is 18.2 Å². The minimum absolute atomic E-state index is 0.0376. The second-order valence-electron chi connectivity index (χ2n) is 4.11. The summed E-state index contributed by atoms with van der Waals surface area (Å²) in [5, 5.41) is 22.3. The van der Waals surface area contributed by atoms with Gasteiger partial charge >= 0.3 is 5.97 Å². The Hall–Kier alpha value is -1.43. The van der Waals surface area contributed by atoms with E-state index >= 15 is 0 Å². The molecule has 0 unspecified atom stereocenters. The normalized spacial score (nSPS) is 24.5. The summed E-state index contributed by atoms with van der Waals surface area (Å²) in [6.45, 7) is 4.02. The van der Waals surface area contributed by atoms with Gasteiger partial charge in [0.05, 0.1) is 6.04 Å². The summed E-state index contributed by atoms with van der Waals surface area (Å²) in [4.78, 5) is 14.5. The number of hydrogen-bond donors (Lipinski definition) is 2. The van der Waals surface area contributed by atoms with E-state index in [1.807, 2.05) is 13.8 Å². The summed E-state index contributed by atoms with van der Waals surface area (Å²) in [6, 6.07) is 0.0376. The fourth-order valence-electron chi connectivity index (χ4n) is 1.89. The number of carbonyl (C=O) groups is 1. The maximum atomic E-state index is 10.7. The highest BCUT2D eigenvalue weighted by Gasteiger charge is 2.35. The fourth-order valence-corrected chi connectivity index (χ4v) is 1.89. The van der Waals surface area contributed by atoms with Crippen LogP contribution in [0.1, 0.15) is 48.9 Å². The molecule has 6 nitrogen and oxygen atoms in total. The van der Waals surface area contributed by atoms with Gasteiger partial charge in [-0.25, -0.2) is 14.5 Å². The standard InChI is InChI=1S/C9H13N3O3/c1-4(2)5-3-6(13)8-10-7(9(14)15)11-12(5)8/h4-6,13H,3H2,1-2H3,(H,14,15)/t5-,6-/m0/s1. The SMILES string of the molecule is CC(C)[C@@H]1C[C@H](O)c2nc(C(=O)O)nn21. The van der Waals surface area contributed by atoms with Crippen LogP contribution in [0.4, 0.5) is 0 Å². The zero-order valence-electron chi connectivity index (χ0n) is 8.58. The molecule has 1 aromatic rings. The van der Waals surface area contributed by atoms with Crippen molar-refractivity contribution in [1.82, 2.24) is 14.8 Å². The van der Waals surface area contributed by atoms with Gasteiger partial charge in [0.2, 0.25) is 0 Å². The predicted octanol–water partition coefficient (Wildman–Crippen LogP) is 0.611. The second-order valence-corrected chi connectivity index (χ2v) is 4.11. The summed E-state index contributed by atoms with van der Waals surface area (Å²) in [5.41, 5.74) is 0. The van der Waals surface area contributed by atoms with Gasteiger partial charge in [0.25, 0.3) is 5.82 Å². The van der Waals surface area contributed by atoms with Crippen molar-refractivity contribution in [2.24, 2.45) is 5.92 Å². The number of carboxylic acid groups (broad SMARTS) is 1. The first kappa shape index (κ1) is 10.1. The van der Waals surface area contributed by atoms with Crippen LogP contribution in [-0.2, 0) is 0 Å². The van der Waals surface area contributed by atoms with Gasteiger partial charge in [-0.05, 0) is 5.92 Å². The maximum Gasteiger partial charge on any atom is 0.375 e. The third-order valence-electron chi connectivity index (χ3n) is 2.70. The van der Waals surface area contributed by atoms with E-state index in [9.17, 15) is 9.90 Å². The Morgan fingerprint density at radius 2 is 2.27 bits per heavy atom. The fraction of sp³-hybridized carbons (Fsp3) is 0.667. The summed E-state index contributed by atoms with van der Waals surface area (Å²) in [5.74, 6) is -0.739. The van der Waals surface area contributed by atoms with Crippen LogP contribution in [0.15, 0.2) is 0 Å². The van der Waals surface area contributed by atoms with E-state index in [2.05, 4.69) is 10.1 Å². The van der Waals surface area contributed by atoms with E-state index < -0.39 is 12.1 Å². The minimum Gasteiger partial charge on any atom is -0.475 e. The van der Waals surface area contributed by atoms with Crippen molar-refractivity contribution in [3.63, 3.8) is 0 Å². The van der Waals surface area contributed by atoms with Gasteiger partial charge in [-0.1, -0.05) is 13.8 Å². The van der Waals surface area contributed by atoms with Crippen molar-refractivity contribution in [3.05, 3.63) is 11.6 Å². The van der Waals surface area contributed by atoms with Crippen molar-refractivity contribution in [2.45, 2.75) is 32.4 Å². The molecule has 2 heterocycles. The molecule has 15 heavy (non-hydrogen) atoms. The highest BCUT2D eigenvalue weighted by molar-refractivity contribution is 5.82. The molecule has 0 fully saturated rings. The number of carboxylic acids is 1. The Labute approximate surface area is 86.6 Å². The molecule has 6 heteroatoms. The number of aliphatic hydroxyl groups is 1. The Balaban J connectivity index is 2.41. The average Bonchev–Trinajstić information content (AvgIpc) is 2.66. The van der Waals surface area contributed by atoms with Crippen LogP contribution in [0.2, 0.25) is 0 Å². The van der Waals surface area contributed by atoms with Crippen LogP contribution >= 0.6 is 0 Å². The van der Waals surface area contributed by atoms with Gasteiger partial charge in [-0.15, -0.1) is 5.10 Å². The number of aromatic nitrogens is 3. The zero-order chi connectivity index (χ0) is 11.2. The van der Waals surface area contributed by atoms with Crippen LogP contribution < -0.4 is 0 Å². The molecule has 1 aliphatic rings. The van der Waals surface area contributed by atoms with Gasteiger partial charge in [0.15, 0.2) is 5.82 Å². The quantitative estimate of drug-likeness (QED) is 0.748. The summed E-state index contributed by atoms with van der Waals surface area (Å²) in [6.07, 6.45) is -0.134. The third-order valence-corrected chi connectivity index (χ3v) is 2.70. The molecule has 82 valence electrons. The second kappa shape index (κ2) is 3.30. The molecule has 1 aliphatic heterocycles. The predicted molar refractivity (Wildman–Crippen MR) is 50.4 cm³/mol. The molecule has 0 bridgehead atoms. The first-order valence-corrected chi connectivity index (χ1v) is 4.88. The van der Waals surface area contributed by atoms with Gasteiger partial charge in [-0.2, -0.15) is 0 Å². The molecule has 1 aromatic heterocycles. The van der Waals surface area contributed by atoms with Gasteiger partial charge < -0.3 is 10.2 Å². The van der Waals surface area contributed by atoms with Gasteiger partial charge in [0.1, 0.15) is 6.10 Å². The zero-order valence-corrected chi connectivity index (χ0v) is 8.58. The molecule has 0 saturated heterocycles. The topological polar surface area (TPSA) is 88.2 Å². The first-order chi connectivity index (χ1) is 7.00. The molecule has 0 aliphatic carbocycles. The maximum absolute atomic E-state index is 10.7. The number of hydrogen-bond acceptors (Lipinski definition) is 4. The molecule has 2 atom stereocenters. The Bertz CT molecular complexity index is 399. The molecule has 0 aromatic carbocycles. The molecule has 0 saturated carbocycles. The Kier molecular flexibility index (Phi) is 2.22. The van der Waals surface area contributed by atoms with Crippen LogP contribution in [-0.4, -0.2) is 30.9 Å². The molecule has 0 radical (unpaired) electrons. The van der Waals surface area contributed by atoms with Crippen LogP contribution in [0.3, 0.4) is 0 Å². The Morgan fingerprint density at radius 3 is 2.80 bits per heavy atom. The van der Waals surface area contributed by atoms with E-state index in [-0.39, 0.29) is 11.9 Å². The van der Waals surface area contributed by atoms with E-state index in [4.69, 9.17) is 5.11 Å². The average molecular weight is 211 g/mol. The molecule has 0 spiro atoms. The van der Waals surface area contributed by atoms with Crippen LogP contribution in [0.25, 0.3) is 0 Å². The lowest BCUT2D eigenvalue weighted by atomic mass is 10.0. The van der Waals surface area contributed by atoms with E-state index in [1.54, 1.807) is 4.68 Å². The van der Waals surface area contributed by atoms with E-state index in [1.165, 1.54) is 0 Å². The van der Waals surface area contributed by atoms with Crippen molar-refractivity contribution >= 4 is 5.97 Å². The molecular weight excluding hydrogens is 198 g/mol. The number of rotatable bonds is 2. The van der Waals surface area contributed by atoms with Crippen LogP contribution in [0.5, 0.6) is 0 Å².